The van der Waals surface area contributed by atoms with E-state index in [1.165, 1.54) is 0 Å². The Hall–Kier alpha value is -3.32. The van der Waals surface area contributed by atoms with Gasteiger partial charge in [0.15, 0.2) is 5.60 Å². The van der Waals surface area contributed by atoms with Gasteiger partial charge in [0.1, 0.15) is 0 Å². The highest BCUT2D eigenvalue weighted by atomic mass is 35.5. The van der Waals surface area contributed by atoms with Crippen LogP contribution in [-0.4, -0.2) is 34.1 Å². The lowest BCUT2D eigenvalue weighted by Gasteiger charge is -2.32. The summed E-state index contributed by atoms with van der Waals surface area (Å²) in [4.78, 5) is 24.3. The molecule has 0 spiro atoms. The molecule has 1 saturated heterocycles. The minimum absolute atomic E-state index is 0.0650. The van der Waals surface area contributed by atoms with Crippen molar-refractivity contribution in [2.75, 3.05) is 19.6 Å². The molecular weight excluding hydrogens is 460 g/mol. The molecule has 1 fully saturated rings. The number of nitrogens with one attached hydrogen (secondary N) is 2. The fourth-order valence-electron chi connectivity index (χ4n) is 5.39. The van der Waals surface area contributed by atoms with Crippen LogP contribution < -0.4 is 11.2 Å². The summed E-state index contributed by atoms with van der Waals surface area (Å²) in [5, 5.41) is 0.627. The summed E-state index contributed by atoms with van der Waals surface area (Å²) in [5.74, 6) is 0. The van der Waals surface area contributed by atoms with Gasteiger partial charge in [-0.3, -0.25) is 19.8 Å². The van der Waals surface area contributed by atoms with Crippen molar-refractivity contribution < 1.29 is 4.84 Å². The summed E-state index contributed by atoms with van der Waals surface area (Å²) in [6.07, 6.45) is 4.02. The van der Waals surface area contributed by atoms with Crippen molar-refractivity contribution in [1.82, 2.24) is 19.9 Å². The normalized spacial score (nSPS) is 18.5. The lowest BCUT2D eigenvalue weighted by Crippen LogP contribution is -2.38. The van der Waals surface area contributed by atoms with Gasteiger partial charge in [0.05, 0.1) is 16.7 Å². The first kappa shape index (κ1) is 22.2. The fourth-order valence-corrected chi connectivity index (χ4v) is 5.57. The summed E-state index contributed by atoms with van der Waals surface area (Å²) in [7, 11) is 0. The Morgan fingerprint density at radius 1 is 0.943 bits per heavy atom. The molecule has 6 nitrogen and oxygen atoms in total. The molecule has 178 valence electrons. The Morgan fingerprint density at radius 2 is 1.60 bits per heavy atom. The number of fused-ring (bicyclic) bond motifs is 1. The molecule has 0 unspecified atom stereocenters. The molecule has 3 aromatic carbocycles. The molecule has 0 radical (unpaired) electrons. The lowest BCUT2D eigenvalue weighted by atomic mass is 9.86. The maximum atomic E-state index is 12.7. The van der Waals surface area contributed by atoms with Crippen molar-refractivity contribution in [3.05, 3.63) is 117 Å². The molecule has 1 aromatic heterocycles. The van der Waals surface area contributed by atoms with Gasteiger partial charge >= 0.3 is 5.69 Å². The largest absolute Gasteiger partial charge is 0.326 e. The van der Waals surface area contributed by atoms with Gasteiger partial charge in [-0.05, 0) is 48.2 Å². The summed E-state index contributed by atoms with van der Waals surface area (Å²) in [6, 6.07) is 26.4. The number of nitrogens with zero attached hydrogens (tertiary/aromatic N) is 2. The molecule has 4 aromatic rings. The van der Waals surface area contributed by atoms with Crippen LogP contribution in [0.1, 0.15) is 30.0 Å². The fraction of sp³-hybridized carbons (Fsp3) is 0.250. The minimum Gasteiger partial charge on any atom is -0.305 e. The van der Waals surface area contributed by atoms with Crippen molar-refractivity contribution >= 4 is 22.6 Å². The number of imidazole rings is 1. The van der Waals surface area contributed by atoms with Crippen LogP contribution in [0.15, 0.2) is 95.4 Å². The van der Waals surface area contributed by atoms with E-state index in [0.29, 0.717) is 5.02 Å². The second-order valence-electron chi connectivity index (χ2n) is 9.31. The van der Waals surface area contributed by atoms with Crippen molar-refractivity contribution in [1.29, 1.82) is 0 Å². The van der Waals surface area contributed by atoms with E-state index in [4.69, 9.17) is 16.4 Å². The number of hydrogen-bond donors (Lipinski definition) is 2. The van der Waals surface area contributed by atoms with Crippen LogP contribution in [0.5, 0.6) is 0 Å². The maximum Gasteiger partial charge on any atom is 0.326 e. The standard InChI is InChI=1S/C28H27ClN4O2/c29-22-11-12-26-25(17-22)30-27(34)33(26)24-13-15-32(16-14-24)19-23-18-28(35-31-23,20-7-3-1-4-8-20)21-9-5-2-6-10-21/h1-12,17-18,24,31H,13-16,19H2,(H,30,34). The molecule has 2 N–H and O–H groups in total. The number of aromatic nitrogens is 2. The average molecular weight is 487 g/mol. The number of aromatic amines is 1. The number of benzene rings is 3. The van der Waals surface area contributed by atoms with Crippen molar-refractivity contribution in [2.24, 2.45) is 0 Å². The SMILES string of the molecule is O=c1[nH]c2cc(Cl)ccc2n1C1CCN(CC2=CC(c3ccccc3)(c3ccccc3)ON2)CC1. The Bertz CT molecular complexity index is 1380. The number of rotatable bonds is 5. The van der Waals surface area contributed by atoms with Crippen LogP contribution in [0.2, 0.25) is 5.02 Å². The van der Waals surface area contributed by atoms with Gasteiger partial charge in [0.2, 0.25) is 0 Å². The summed E-state index contributed by atoms with van der Waals surface area (Å²) in [6.45, 7) is 2.58. The van der Waals surface area contributed by atoms with E-state index in [0.717, 1.165) is 60.3 Å². The van der Waals surface area contributed by atoms with E-state index >= 15 is 0 Å². The first-order valence-electron chi connectivity index (χ1n) is 12.0. The van der Waals surface area contributed by atoms with Crippen LogP contribution >= 0.6 is 11.6 Å². The first-order valence-corrected chi connectivity index (χ1v) is 12.4. The number of likely N-dealkylation sites (tertiary alicyclic amines) is 1. The molecule has 0 atom stereocenters. The molecule has 0 saturated carbocycles. The van der Waals surface area contributed by atoms with Crippen LogP contribution in [0.25, 0.3) is 11.0 Å². The smallest absolute Gasteiger partial charge is 0.305 e. The van der Waals surface area contributed by atoms with Crippen LogP contribution in [0.3, 0.4) is 0 Å². The zero-order valence-corrected chi connectivity index (χ0v) is 20.0. The van der Waals surface area contributed by atoms with Crippen molar-refractivity contribution in [2.45, 2.75) is 24.5 Å². The van der Waals surface area contributed by atoms with E-state index < -0.39 is 5.60 Å². The maximum absolute atomic E-state index is 12.7. The van der Waals surface area contributed by atoms with Gasteiger partial charge in [0.25, 0.3) is 0 Å². The second-order valence-corrected chi connectivity index (χ2v) is 9.75. The Labute approximate surface area is 208 Å². The Balaban J connectivity index is 1.20. The first-order chi connectivity index (χ1) is 17.1. The molecule has 35 heavy (non-hydrogen) atoms. The molecule has 0 aliphatic carbocycles. The highest BCUT2D eigenvalue weighted by Gasteiger charge is 2.39. The van der Waals surface area contributed by atoms with Gasteiger partial charge in [-0.2, -0.15) is 0 Å². The van der Waals surface area contributed by atoms with Gasteiger partial charge < -0.3 is 4.98 Å². The molecule has 0 bridgehead atoms. The number of hydroxylamine groups is 1. The minimum atomic E-state index is -0.658. The Kier molecular flexibility index (Phi) is 5.72. The third-order valence-corrected chi connectivity index (χ3v) is 7.36. The lowest BCUT2D eigenvalue weighted by molar-refractivity contribution is -0.0186. The third-order valence-electron chi connectivity index (χ3n) is 7.12. The summed E-state index contributed by atoms with van der Waals surface area (Å²) >= 11 is 6.11. The average Bonchev–Trinajstić information content (AvgIpc) is 3.46. The molecule has 6 rings (SSSR count). The zero-order chi connectivity index (χ0) is 23.8. The predicted octanol–water partition coefficient (Wildman–Crippen LogP) is 4.98. The summed E-state index contributed by atoms with van der Waals surface area (Å²) < 4.78 is 1.90. The Morgan fingerprint density at radius 3 is 2.26 bits per heavy atom. The molecule has 3 heterocycles. The van der Waals surface area contributed by atoms with Crippen LogP contribution in [0.4, 0.5) is 0 Å². The predicted molar refractivity (Wildman–Crippen MR) is 138 cm³/mol. The van der Waals surface area contributed by atoms with E-state index in [9.17, 15) is 4.79 Å². The molecule has 2 aliphatic rings. The monoisotopic (exact) mass is 486 g/mol. The quantitative estimate of drug-likeness (QED) is 0.417. The van der Waals surface area contributed by atoms with E-state index in [2.05, 4.69) is 45.7 Å². The van der Waals surface area contributed by atoms with Gasteiger partial charge in [-0.15, -0.1) is 0 Å². The van der Waals surface area contributed by atoms with Crippen molar-refractivity contribution in [3.8, 4) is 0 Å². The van der Waals surface area contributed by atoms with Gasteiger partial charge in [-0.25, -0.2) is 4.79 Å². The molecular formula is C28H27ClN4O2. The van der Waals surface area contributed by atoms with Gasteiger partial charge in [0, 0.05) is 30.7 Å². The van der Waals surface area contributed by atoms with Crippen LogP contribution in [0, 0.1) is 0 Å². The number of H-pyrrole nitrogens is 1. The van der Waals surface area contributed by atoms with E-state index in [1.807, 2.05) is 59.2 Å². The van der Waals surface area contributed by atoms with E-state index in [1.54, 1.807) is 0 Å². The van der Waals surface area contributed by atoms with E-state index in [-0.39, 0.29) is 11.7 Å². The number of piperidine rings is 1. The molecule has 2 aliphatic heterocycles. The number of halogens is 1. The topological polar surface area (TPSA) is 62.3 Å². The molecule has 0 amide bonds. The third kappa shape index (κ3) is 4.08. The van der Waals surface area contributed by atoms with Gasteiger partial charge in [-0.1, -0.05) is 72.3 Å². The summed E-state index contributed by atoms with van der Waals surface area (Å²) in [5.41, 5.74) is 7.43. The number of hydrogen-bond acceptors (Lipinski definition) is 4. The second kappa shape index (κ2) is 9.04. The highest BCUT2D eigenvalue weighted by Crippen LogP contribution is 2.39. The van der Waals surface area contributed by atoms with Crippen molar-refractivity contribution in [3.63, 3.8) is 0 Å². The highest BCUT2D eigenvalue weighted by molar-refractivity contribution is 6.31. The van der Waals surface area contributed by atoms with Crippen LogP contribution in [-0.2, 0) is 10.4 Å². The molecule has 7 heteroatoms. The zero-order valence-electron chi connectivity index (χ0n) is 19.3.